The van der Waals surface area contributed by atoms with Crippen LogP contribution in [0.25, 0.3) is 0 Å². The molecule has 0 amide bonds. The van der Waals surface area contributed by atoms with Gasteiger partial charge in [-0.2, -0.15) is 0 Å². The summed E-state index contributed by atoms with van der Waals surface area (Å²) >= 11 is 4.70. The van der Waals surface area contributed by atoms with Crippen molar-refractivity contribution in [1.29, 1.82) is 0 Å². The van der Waals surface area contributed by atoms with Crippen LogP contribution >= 0.6 is 12.2 Å². The van der Waals surface area contributed by atoms with E-state index in [0.717, 1.165) is 0 Å². The lowest BCUT2D eigenvalue weighted by atomic mass is 9.94. The van der Waals surface area contributed by atoms with Gasteiger partial charge in [0.2, 0.25) is 10.0 Å². The van der Waals surface area contributed by atoms with Gasteiger partial charge in [0.1, 0.15) is 5.25 Å². The minimum atomic E-state index is -3.49. The summed E-state index contributed by atoms with van der Waals surface area (Å²) < 4.78 is 31.7. The van der Waals surface area contributed by atoms with Crippen molar-refractivity contribution < 1.29 is 13.2 Å². The van der Waals surface area contributed by atoms with Crippen LogP contribution in [0.4, 0.5) is 0 Å². The summed E-state index contributed by atoms with van der Waals surface area (Å²) in [5, 5.41) is -0.845. The Hall–Kier alpha value is -0.240. The Morgan fingerprint density at radius 2 is 2.00 bits per heavy atom. The summed E-state index contributed by atoms with van der Waals surface area (Å²) in [6, 6.07) is 0. The first-order valence-corrected chi connectivity index (χ1v) is 7.12. The van der Waals surface area contributed by atoms with Crippen LogP contribution in [0.1, 0.15) is 26.7 Å². The maximum absolute atomic E-state index is 11.9. The van der Waals surface area contributed by atoms with Crippen LogP contribution in [-0.4, -0.2) is 37.4 Å². The molecule has 1 atom stereocenters. The largest absolute Gasteiger partial charge is 0.392 e. The fourth-order valence-corrected chi connectivity index (χ4v) is 3.26. The molecule has 5 nitrogen and oxygen atoms in total. The summed E-state index contributed by atoms with van der Waals surface area (Å²) in [6.45, 7) is 4.51. The Balaban J connectivity index is 2.75. The Labute approximate surface area is 102 Å². The van der Waals surface area contributed by atoms with Crippen molar-refractivity contribution in [2.45, 2.75) is 37.5 Å². The Morgan fingerprint density at radius 1 is 1.50 bits per heavy atom. The van der Waals surface area contributed by atoms with Crippen molar-refractivity contribution in [3.05, 3.63) is 0 Å². The molecule has 0 aliphatic carbocycles. The third kappa shape index (κ3) is 3.38. The number of hydrogen-bond donors (Lipinski definition) is 2. The third-order valence-corrected chi connectivity index (χ3v) is 5.32. The zero-order valence-electron chi connectivity index (χ0n) is 9.52. The van der Waals surface area contributed by atoms with Gasteiger partial charge in [-0.3, -0.25) is 0 Å². The molecular formula is C9H18N2O3S2. The molecular weight excluding hydrogens is 248 g/mol. The van der Waals surface area contributed by atoms with Gasteiger partial charge in [0.15, 0.2) is 0 Å². The number of thiocarbonyl (C=S) groups is 1. The van der Waals surface area contributed by atoms with Gasteiger partial charge in [0.25, 0.3) is 0 Å². The third-order valence-electron chi connectivity index (χ3n) is 2.85. The van der Waals surface area contributed by atoms with Crippen LogP contribution < -0.4 is 10.5 Å². The zero-order chi connectivity index (χ0) is 12.4. The Morgan fingerprint density at radius 3 is 2.44 bits per heavy atom. The highest BCUT2D eigenvalue weighted by atomic mass is 32.2. The highest BCUT2D eigenvalue weighted by Crippen LogP contribution is 2.21. The quantitative estimate of drug-likeness (QED) is 0.708. The summed E-state index contributed by atoms with van der Waals surface area (Å²) in [7, 11) is -3.49. The van der Waals surface area contributed by atoms with Crippen molar-refractivity contribution in [3.8, 4) is 0 Å². The first kappa shape index (κ1) is 13.8. The van der Waals surface area contributed by atoms with Gasteiger partial charge in [-0.15, -0.1) is 0 Å². The number of hydrogen-bond acceptors (Lipinski definition) is 4. The molecule has 1 aliphatic heterocycles. The SMILES string of the molecule is CC(C(N)=S)S(=O)(=O)NC1(C)CCOCC1. The van der Waals surface area contributed by atoms with Gasteiger partial charge in [0.05, 0.1) is 4.99 Å². The summed E-state index contributed by atoms with van der Waals surface area (Å²) in [5.74, 6) is 0. The van der Waals surface area contributed by atoms with E-state index >= 15 is 0 Å². The molecule has 0 spiro atoms. The normalized spacial score (nSPS) is 22.6. The lowest BCUT2D eigenvalue weighted by Gasteiger charge is -2.34. The Kier molecular flexibility index (Phi) is 4.28. The van der Waals surface area contributed by atoms with Crippen molar-refractivity contribution in [2.75, 3.05) is 13.2 Å². The van der Waals surface area contributed by atoms with Crippen LogP contribution in [0.15, 0.2) is 0 Å². The number of ether oxygens (including phenoxy) is 1. The molecule has 0 aromatic rings. The maximum atomic E-state index is 11.9. The van der Waals surface area contributed by atoms with Gasteiger partial charge in [-0.05, 0) is 26.7 Å². The van der Waals surface area contributed by atoms with Crippen molar-refractivity contribution in [3.63, 3.8) is 0 Å². The molecule has 0 radical (unpaired) electrons. The van der Waals surface area contributed by atoms with Crippen molar-refractivity contribution >= 4 is 27.2 Å². The molecule has 0 aromatic heterocycles. The monoisotopic (exact) mass is 266 g/mol. The molecule has 0 aromatic carbocycles. The Bertz CT molecular complexity index is 361. The van der Waals surface area contributed by atoms with Gasteiger partial charge in [0, 0.05) is 18.8 Å². The number of nitrogens with two attached hydrogens (primary N) is 1. The van der Waals surface area contributed by atoms with Crippen LogP contribution in [0.5, 0.6) is 0 Å². The van der Waals surface area contributed by atoms with E-state index in [1.54, 1.807) is 0 Å². The molecule has 16 heavy (non-hydrogen) atoms. The second-order valence-corrected chi connectivity index (χ2v) is 6.84. The number of sulfonamides is 1. The summed E-state index contributed by atoms with van der Waals surface area (Å²) in [5.41, 5.74) is 4.91. The van der Waals surface area contributed by atoms with Crippen LogP contribution in [0.3, 0.4) is 0 Å². The van der Waals surface area contributed by atoms with E-state index < -0.39 is 20.8 Å². The summed E-state index contributed by atoms with van der Waals surface area (Å²) in [4.78, 5) is -0.0110. The maximum Gasteiger partial charge on any atom is 0.221 e. The molecule has 3 N–H and O–H groups in total. The molecule has 1 aliphatic rings. The smallest absolute Gasteiger partial charge is 0.221 e. The molecule has 1 fully saturated rings. The van der Waals surface area contributed by atoms with Crippen LogP contribution in [0, 0.1) is 0 Å². The van der Waals surface area contributed by atoms with Gasteiger partial charge in [-0.25, -0.2) is 13.1 Å². The molecule has 94 valence electrons. The molecule has 1 unspecified atom stereocenters. The van der Waals surface area contributed by atoms with E-state index in [9.17, 15) is 8.42 Å². The first-order valence-electron chi connectivity index (χ1n) is 5.17. The van der Waals surface area contributed by atoms with E-state index in [2.05, 4.69) is 4.72 Å². The summed E-state index contributed by atoms with van der Waals surface area (Å²) in [6.07, 6.45) is 1.33. The molecule has 7 heteroatoms. The first-order chi connectivity index (χ1) is 7.27. The standard InChI is InChI=1S/C9H18N2O3S2/c1-7(8(10)15)16(12,13)11-9(2)3-5-14-6-4-9/h7,11H,3-6H2,1-2H3,(H2,10,15). The van der Waals surface area contributed by atoms with E-state index in [-0.39, 0.29) is 4.99 Å². The lowest BCUT2D eigenvalue weighted by Crippen LogP contribution is -2.53. The van der Waals surface area contributed by atoms with Gasteiger partial charge < -0.3 is 10.5 Å². The molecule has 1 saturated heterocycles. The van der Waals surface area contributed by atoms with Gasteiger partial charge in [-0.1, -0.05) is 12.2 Å². The topological polar surface area (TPSA) is 81.4 Å². The van der Waals surface area contributed by atoms with E-state index in [1.807, 2.05) is 6.92 Å². The van der Waals surface area contributed by atoms with Crippen LogP contribution in [-0.2, 0) is 14.8 Å². The van der Waals surface area contributed by atoms with Gasteiger partial charge >= 0.3 is 0 Å². The van der Waals surface area contributed by atoms with Crippen molar-refractivity contribution in [2.24, 2.45) is 5.73 Å². The van der Waals surface area contributed by atoms with E-state index in [4.69, 9.17) is 22.7 Å². The van der Waals surface area contributed by atoms with E-state index in [1.165, 1.54) is 6.92 Å². The second-order valence-electron chi connectivity index (χ2n) is 4.36. The lowest BCUT2D eigenvalue weighted by molar-refractivity contribution is 0.0537. The zero-order valence-corrected chi connectivity index (χ0v) is 11.2. The molecule has 0 saturated carbocycles. The van der Waals surface area contributed by atoms with Crippen LogP contribution in [0.2, 0.25) is 0 Å². The molecule has 1 rings (SSSR count). The highest BCUT2D eigenvalue weighted by Gasteiger charge is 2.35. The number of nitrogens with one attached hydrogen (secondary N) is 1. The average Bonchev–Trinajstić information content (AvgIpc) is 2.15. The second kappa shape index (κ2) is 4.95. The predicted octanol–water partition coefficient (Wildman–Crippen LogP) is 0.150. The van der Waals surface area contributed by atoms with Crippen molar-refractivity contribution in [1.82, 2.24) is 4.72 Å². The van der Waals surface area contributed by atoms with E-state index in [0.29, 0.717) is 26.1 Å². The molecule has 1 heterocycles. The average molecular weight is 266 g/mol. The molecule has 0 bridgehead atoms. The predicted molar refractivity (Wildman–Crippen MR) is 66.8 cm³/mol. The minimum absolute atomic E-state index is 0.0110. The highest BCUT2D eigenvalue weighted by molar-refractivity contribution is 7.93. The fraction of sp³-hybridized carbons (Fsp3) is 0.889. The fourth-order valence-electron chi connectivity index (χ4n) is 1.51. The number of rotatable bonds is 4. The minimum Gasteiger partial charge on any atom is -0.392 e.